The van der Waals surface area contributed by atoms with Crippen molar-refractivity contribution in [2.45, 2.75) is 5.75 Å². The van der Waals surface area contributed by atoms with E-state index in [9.17, 15) is 0 Å². The van der Waals surface area contributed by atoms with Gasteiger partial charge in [0.2, 0.25) is 0 Å². The zero-order valence-electron chi connectivity index (χ0n) is 5.32. The highest BCUT2D eigenvalue weighted by molar-refractivity contribution is 8.11. The summed E-state index contributed by atoms with van der Waals surface area (Å²) < 4.78 is 0. The van der Waals surface area contributed by atoms with Gasteiger partial charge in [0.1, 0.15) is 0 Å². The molecule has 0 aliphatic carbocycles. The molecule has 10 heavy (non-hydrogen) atoms. The first-order valence-corrected chi connectivity index (χ1v) is 4.10. The highest BCUT2D eigenvalue weighted by atomic mass is 32.2. The lowest BCUT2D eigenvalue weighted by atomic mass is 10.3. The average Bonchev–Trinajstić information content (AvgIpc) is 2.05. The molecule has 0 fully saturated rings. The fourth-order valence-electron chi connectivity index (χ4n) is 0.873. The van der Waals surface area contributed by atoms with Crippen LogP contribution < -0.4 is 0 Å². The molecule has 0 saturated heterocycles. The molecule has 0 amide bonds. The first-order valence-electron chi connectivity index (χ1n) is 3.05. The lowest BCUT2D eigenvalue weighted by molar-refractivity contribution is 1.21. The smallest absolute Gasteiger partial charge is 0.156 e. The van der Waals surface area contributed by atoms with Crippen LogP contribution in [-0.2, 0) is 5.75 Å². The second-order valence-corrected chi connectivity index (χ2v) is 2.86. The molecular weight excluding hydrogens is 144 g/mol. The first kappa shape index (κ1) is 5.92. The standard InChI is InChI=1S/C7H6N2S/c1-2-6-4-10-5-9-7(6)8-3-1/h1-3,5H,4H2. The highest BCUT2D eigenvalue weighted by Crippen LogP contribution is 2.24. The molecule has 1 aromatic rings. The maximum atomic E-state index is 4.12. The van der Waals surface area contributed by atoms with Gasteiger partial charge in [-0.15, -0.1) is 11.8 Å². The fraction of sp³-hybridized carbons (Fsp3) is 0.143. The van der Waals surface area contributed by atoms with Gasteiger partial charge in [-0.1, -0.05) is 6.07 Å². The summed E-state index contributed by atoms with van der Waals surface area (Å²) in [6, 6.07) is 4.01. The van der Waals surface area contributed by atoms with E-state index in [1.165, 1.54) is 5.56 Å². The summed E-state index contributed by atoms with van der Waals surface area (Å²) in [6.07, 6.45) is 1.77. The van der Waals surface area contributed by atoms with E-state index >= 15 is 0 Å². The van der Waals surface area contributed by atoms with Crippen molar-refractivity contribution in [3.8, 4) is 0 Å². The zero-order chi connectivity index (χ0) is 6.81. The average molecular weight is 150 g/mol. The van der Waals surface area contributed by atoms with Crippen molar-refractivity contribution in [2.75, 3.05) is 0 Å². The third-order valence-corrected chi connectivity index (χ3v) is 2.09. The van der Waals surface area contributed by atoms with Gasteiger partial charge in [0.25, 0.3) is 0 Å². The summed E-state index contributed by atoms with van der Waals surface area (Å²) in [5.41, 5.74) is 3.07. The Bertz CT molecular complexity index is 270. The van der Waals surface area contributed by atoms with Crippen LogP contribution in [0.1, 0.15) is 5.56 Å². The molecule has 50 valence electrons. The number of hydrogen-bond donors (Lipinski definition) is 0. The maximum absolute atomic E-state index is 4.12. The Morgan fingerprint density at radius 1 is 1.50 bits per heavy atom. The van der Waals surface area contributed by atoms with E-state index in [-0.39, 0.29) is 0 Å². The molecular formula is C7H6N2S. The molecule has 1 aromatic heterocycles. The van der Waals surface area contributed by atoms with E-state index < -0.39 is 0 Å². The Balaban J connectivity index is 2.54. The second-order valence-electron chi connectivity index (χ2n) is 2.03. The summed E-state index contributed by atoms with van der Waals surface area (Å²) in [4.78, 5) is 8.23. The van der Waals surface area contributed by atoms with Crippen LogP contribution in [0.15, 0.2) is 23.3 Å². The van der Waals surface area contributed by atoms with Crippen LogP contribution >= 0.6 is 11.8 Å². The summed E-state index contributed by atoms with van der Waals surface area (Å²) >= 11 is 1.71. The molecule has 0 spiro atoms. The minimum Gasteiger partial charge on any atom is -0.237 e. The molecule has 0 unspecified atom stereocenters. The van der Waals surface area contributed by atoms with Crippen LogP contribution in [0.2, 0.25) is 0 Å². The van der Waals surface area contributed by atoms with E-state index in [0.29, 0.717) is 0 Å². The summed E-state index contributed by atoms with van der Waals surface area (Å²) in [5.74, 6) is 1.88. The molecule has 1 aliphatic rings. The Labute approximate surface area is 63.4 Å². The quantitative estimate of drug-likeness (QED) is 0.565. The zero-order valence-corrected chi connectivity index (χ0v) is 6.14. The molecule has 0 atom stereocenters. The summed E-state index contributed by atoms with van der Waals surface area (Å²) in [5, 5.41) is 0. The van der Waals surface area contributed by atoms with Gasteiger partial charge in [-0.05, 0) is 6.07 Å². The Hall–Kier alpha value is -0.830. The van der Waals surface area contributed by atoms with E-state index in [0.717, 1.165) is 11.6 Å². The number of nitrogens with zero attached hydrogens (tertiary/aromatic N) is 2. The number of thioether (sulfide) groups is 1. The SMILES string of the molecule is C1=Nc2ncccc2CS1. The van der Waals surface area contributed by atoms with Crippen molar-refractivity contribution in [2.24, 2.45) is 4.99 Å². The Morgan fingerprint density at radius 2 is 2.50 bits per heavy atom. The van der Waals surface area contributed by atoms with E-state index in [1.807, 2.05) is 11.6 Å². The molecule has 0 aromatic carbocycles. The minimum absolute atomic E-state index is 0.876. The second kappa shape index (κ2) is 2.42. The van der Waals surface area contributed by atoms with Gasteiger partial charge in [0.05, 0.1) is 5.55 Å². The van der Waals surface area contributed by atoms with Gasteiger partial charge in [-0.25, -0.2) is 9.98 Å². The molecule has 2 heterocycles. The van der Waals surface area contributed by atoms with Crippen LogP contribution in [0.5, 0.6) is 0 Å². The molecule has 2 nitrogen and oxygen atoms in total. The van der Waals surface area contributed by atoms with Crippen molar-refractivity contribution < 1.29 is 0 Å². The number of pyridine rings is 1. The lowest BCUT2D eigenvalue weighted by Crippen LogP contribution is -1.88. The van der Waals surface area contributed by atoms with Gasteiger partial charge >= 0.3 is 0 Å². The first-order chi connectivity index (χ1) is 4.97. The molecule has 0 N–H and O–H groups in total. The number of aromatic nitrogens is 1. The lowest BCUT2D eigenvalue weighted by Gasteiger charge is -2.05. The molecule has 2 rings (SSSR count). The normalized spacial score (nSPS) is 14.8. The van der Waals surface area contributed by atoms with Crippen molar-refractivity contribution in [3.63, 3.8) is 0 Å². The number of hydrogen-bond acceptors (Lipinski definition) is 3. The van der Waals surface area contributed by atoms with E-state index in [4.69, 9.17) is 0 Å². The summed E-state index contributed by atoms with van der Waals surface area (Å²) in [7, 11) is 0. The van der Waals surface area contributed by atoms with Crippen LogP contribution in [0, 0.1) is 0 Å². The third-order valence-electron chi connectivity index (χ3n) is 1.36. The van der Waals surface area contributed by atoms with Crippen molar-refractivity contribution in [1.29, 1.82) is 0 Å². The van der Waals surface area contributed by atoms with E-state index in [1.54, 1.807) is 18.0 Å². The van der Waals surface area contributed by atoms with Gasteiger partial charge in [-0.2, -0.15) is 0 Å². The summed E-state index contributed by atoms with van der Waals surface area (Å²) in [6.45, 7) is 0. The number of rotatable bonds is 0. The van der Waals surface area contributed by atoms with E-state index in [2.05, 4.69) is 16.0 Å². The Kier molecular flexibility index (Phi) is 1.43. The largest absolute Gasteiger partial charge is 0.237 e. The van der Waals surface area contributed by atoms with Crippen LogP contribution in [0.25, 0.3) is 0 Å². The number of aliphatic imine (C=N–C) groups is 1. The fourth-order valence-corrected chi connectivity index (χ4v) is 1.53. The van der Waals surface area contributed by atoms with Crippen LogP contribution in [0.3, 0.4) is 0 Å². The third kappa shape index (κ3) is 0.926. The predicted octanol–water partition coefficient (Wildman–Crippen LogP) is 1.99. The Morgan fingerprint density at radius 3 is 3.40 bits per heavy atom. The van der Waals surface area contributed by atoms with Crippen LogP contribution in [-0.4, -0.2) is 10.5 Å². The molecule has 1 aliphatic heterocycles. The predicted molar refractivity (Wildman–Crippen MR) is 43.7 cm³/mol. The van der Waals surface area contributed by atoms with Crippen molar-refractivity contribution in [3.05, 3.63) is 23.9 Å². The van der Waals surface area contributed by atoms with Gasteiger partial charge in [0.15, 0.2) is 5.82 Å². The topological polar surface area (TPSA) is 25.2 Å². The van der Waals surface area contributed by atoms with Gasteiger partial charge in [-0.3, -0.25) is 0 Å². The number of fused-ring (bicyclic) bond motifs is 1. The molecule has 3 heteroatoms. The maximum Gasteiger partial charge on any atom is 0.156 e. The van der Waals surface area contributed by atoms with Crippen molar-refractivity contribution >= 4 is 23.1 Å². The van der Waals surface area contributed by atoms with Gasteiger partial charge < -0.3 is 0 Å². The van der Waals surface area contributed by atoms with Crippen LogP contribution in [0.4, 0.5) is 5.82 Å². The highest BCUT2D eigenvalue weighted by Gasteiger charge is 2.03. The molecule has 0 radical (unpaired) electrons. The molecule has 0 bridgehead atoms. The minimum atomic E-state index is 0.876. The van der Waals surface area contributed by atoms with Gasteiger partial charge in [0, 0.05) is 17.5 Å². The monoisotopic (exact) mass is 150 g/mol. The van der Waals surface area contributed by atoms with Crippen molar-refractivity contribution in [1.82, 2.24) is 4.98 Å². The molecule has 0 saturated carbocycles.